The highest BCUT2D eigenvalue weighted by Gasteiger charge is 2.52. The normalized spacial score (nSPS) is 19.5. The van der Waals surface area contributed by atoms with Crippen LogP contribution in [0.3, 0.4) is 0 Å². The molecule has 5 heteroatoms. The number of thiophene rings is 2. The van der Waals surface area contributed by atoms with Crippen LogP contribution in [0.1, 0.15) is 102 Å². The van der Waals surface area contributed by atoms with Gasteiger partial charge in [-0.05, 0) is 98.8 Å². The molecule has 4 aliphatic rings. The van der Waals surface area contributed by atoms with Crippen molar-refractivity contribution in [2.24, 2.45) is 0 Å². The van der Waals surface area contributed by atoms with E-state index in [0.717, 1.165) is 16.7 Å². The number of furan rings is 1. The van der Waals surface area contributed by atoms with Crippen molar-refractivity contribution in [3.63, 3.8) is 0 Å². The fraction of sp³-hybridized carbons (Fsp3) is 0.333. The highest BCUT2D eigenvalue weighted by Crippen LogP contribution is 2.60. The van der Waals surface area contributed by atoms with Gasteiger partial charge in [-0.15, -0.1) is 11.3 Å². The van der Waals surface area contributed by atoms with Gasteiger partial charge in [0.25, 0.3) is 6.71 Å². The Hall–Kier alpha value is -4.06. The summed E-state index contributed by atoms with van der Waals surface area (Å²) in [6, 6.07) is 29.5. The Morgan fingerprint density at radius 1 is 0.623 bits per heavy atom. The molecule has 0 bridgehead atoms. The summed E-state index contributed by atoms with van der Waals surface area (Å²) in [6.07, 6.45) is 4.82. The molecule has 0 fully saturated rings. The van der Waals surface area contributed by atoms with Gasteiger partial charge in [-0.25, -0.2) is 0 Å². The predicted molar refractivity (Wildman–Crippen MR) is 230 cm³/mol. The Kier molecular flexibility index (Phi) is 6.34. The van der Waals surface area contributed by atoms with Gasteiger partial charge >= 0.3 is 0 Å². The van der Waals surface area contributed by atoms with Gasteiger partial charge < -0.3 is 9.32 Å². The first-order valence-electron chi connectivity index (χ1n) is 19.5. The van der Waals surface area contributed by atoms with E-state index in [1.807, 2.05) is 11.3 Å². The fourth-order valence-corrected chi connectivity index (χ4v) is 13.7. The third-order valence-corrected chi connectivity index (χ3v) is 16.6. The second kappa shape index (κ2) is 10.4. The van der Waals surface area contributed by atoms with E-state index in [-0.39, 0.29) is 28.4 Å². The molecule has 53 heavy (non-hydrogen) atoms. The van der Waals surface area contributed by atoms with Gasteiger partial charge in [0.15, 0.2) is 0 Å². The molecule has 7 aromatic rings. The van der Waals surface area contributed by atoms with Crippen molar-refractivity contribution in [1.29, 1.82) is 0 Å². The van der Waals surface area contributed by atoms with Gasteiger partial charge in [-0.2, -0.15) is 11.3 Å². The maximum Gasteiger partial charge on any atom is 0.260 e. The van der Waals surface area contributed by atoms with Gasteiger partial charge in [0.1, 0.15) is 11.2 Å². The number of para-hydroxylation sites is 2. The third kappa shape index (κ3) is 4.22. The summed E-state index contributed by atoms with van der Waals surface area (Å²) in [5.74, 6) is 0. The van der Waals surface area contributed by atoms with Crippen LogP contribution in [-0.2, 0) is 21.7 Å². The van der Waals surface area contributed by atoms with Crippen LogP contribution >= 0.6 is 22.7 Å². The second-order valence-electron chi connectivity index (χ2n) is 19.0. The van der Waals surface area contributed by atoms with E-state index in [2.05, 4.69) is 156 Å². The van der Waals surface area contributed by atoms with Gasteiger partial charge in [0, 0.05) is 41.9 Å². The molecule has 0 unspecified atom stereocenters. The molecule has 5 heterocycles. The SMILES string of the molecule is CC1(C)CCC(C)(C)c2c(N3c4cc(-c5cccc6c5oc5ccccc56)cc5c4B(c4ccccc4-5)c4sc5c(c43)C(C)(C)CCC5(C)C)csc21. The number of hydrogen-bond acceptors (Lipinski definition) is 4. The zero-order valence-electron chi connectivity index (χ0n) is 32.2. The molecule has 2 nitrogen and oxygen atoms in total. The Morgan fingerprint density at radius 2 is 1.28 bits per heavy atom. The maximum atomic E-state index is 6.72. The fourth-order valence-electron chi connectivity index (χ4n) is 10.6. The van der Waals surface area contributed by atoms with Crippen LogP contribution in [0.4, 0.5) is 17.1 Å². The van der Waals surface area contributed by atoms with Crippen LogP contribution in [0, 0.1) is 0 Å². The Balaban J connectivity index is 1.29. The minimum Gasteiger partial charge on any atom is -0.455 e. The van der Waals surface area contributed by atoms with Gasteiger partial charge in [-0.1, -0.05) is 122 Å². The first kappa shape index (κ1) is 32.4. The third-order valence-electron chi connectivity index (χ3n) is 13.7. The van der Waals surface area contributed by atoms with Crippen LogP contribution in [0.2, 0.25) is 0 Å². The molecule has 3 aromatic heterocycles. The molecular formula is C48H46BNOS2. The van der Waals surface area contributed by atoms with Crippen molar-refractivity contribution >= 4 is 84.1 Å². The average molecular weight is 728 g/mol. The van der Waals surface area contributed by atoms with Crippen molar-refractivity contribution < 1.29 is 4.42 Å². The highest BCUT2D eigenvalue weighted by molar-refractivity contribution is 7.29. The minimum absolute atomic E-state index is 0.0635. The van der Waals surface area contributed by atoms with Crippen molar-refractivity contribution in [3.05, 3.63) is 105 Å². The topological polar surface area (TPSA) is 16.4 Å². The first-order valence-corrected chi connectivity index (χ1v) is 21.2. The number of rotatable bonds is 2. The van der Waals surface area contributed by atoms with Crippen molar-refractivity contribution in [1.82, 2.24) is 0 Å². The van der Waals surface area contributed by atoms with Crippen molar-refractivity contribution in [2.45, 2.75) is 103 Å². The molecule has 0 N–H and O–H groups in total. The summed E-state index contributed by atoms with van der Waals surface area (Å²) >= 11 is 4.13. The van der Waals surface area contributed by atoms with Gasteiger partial charge in [0.2, 0.25) is 0 Å². The van der Waals surface area contributed by atoms with E-state index in [4.69, 9.17) is 4.42 Å². The molecule has 0 amide bonds. The lowest BCUT2D eigenvalue weighted by Crippen LogP contribution is -2.54. The van der Waals surface area contributed by atoms with Crippen molar-refractivity contribution in [3.8, 4) is 22.3 Å². The lowest BCUT2D eigenvalue weighted by molar-refractivity contribution is 0.338. The zero-order valence-corrected chi connectivity index (χ0v) is 33.8. The molecule has 2 aliphatic carbocycles. The number of anilines is 3. The summed E-state index contributed by atoms with van der Waals surface area (Å²) in [5, 5.41) is 4.89. The maximum absolute atomic E-state index is 6.72. The lowest BCUT2D eigenvalue weighted by atomic mass is 9.40. The summed E-state index contributed by atoms with van der Waals surface area (Å²) in [5.41, 5.74) is 17.8. The van der Waals surface area contributed by atoms with Crippen LogP contribution in [0.15, 0.2) is 88.7 Å². The Bertz CT molecular complexity index is 2720. The number of fused-ring (bicyclic) bond motifs is 11. The molecule has 264 valence electrons. The van der Waals surface area contributed by atoms with E-state index in [1.54, 1.807) is 20.9 Å². The number of nitrogens with zero attached hydrogens (tertiary/aromatic N) is 1. The number of benzene rings is 4. The molecular weight excluding hydrogens is 681 g/mol. The standard InChI is InChI=1S/C48H46BNOS2/c1-45(2)20-22-47(5,6)42-37(45)35(26-52-42)50-34-25-27(28-16-13-17-31-30-15-10-12-19-36(30)51-41(28)31)24-32-29-14-9-11-18-33(29)49(39(32)34)44-40(50)38-43(53-44)48(7,8)23-21-46(38,3)4/h9-19,24-26H,20-23H2,1-8H3. The minimum atomic E-state index is 0.0635. The first-order chi connectivity index (χ1) is 25.3. The second-order valence-corrected chi connectivity index (χ2v) is 20.9. The number of hydrogen-bond donors (Lipinski definition) is 0. The highest BCUT2D eigenvalue weighted by atomic mass is 32.1. The molecule has 4 aromatic carbocycles. The quantitative estimate of drug-likeness (QED) is 0.165. The van der Waals surface area contributed by atoms with E-state index in [9.17, 15) is 0 Å². The molecule has 0 radical (unpaired) electrons. The van der Waals surface area contributed by atoms with Crippen molar-refractivity contribution in [2.75, 3.05) is 4.90 Å². The van der Waals surface area contributed by atoms with E-state index >= 15 is 0 Å². The molecule has 0 saturated carbocycles. The Morgan fingerprint density at radius 3 is 2.09 bits per heavy atom. The van der Waals surface area contributed by atoms with Gasteiger partial charge in [0.05, 0.1) is 11.4 Å². The van der Waals surface area contributed by atoms with E-state index in [1.165, 1.54) is 85.9 Å². The summed E-state index contributed by atoms with van der Waals surface area (Å²) in [7, 11) is 0. The van der Waals surface area contributed by atoms with Crippen LogP contribution in [-0.4, -0.2) is 6.71 Å². The largest absolute Gasteiger partial charge is 0.455 e. The van der Waals surface area contributed by atoms with Crippen LogP contribution in [0.25, 0.3) is 44.2 Å². The van der Waals surface area contributed by atoms with Crippen LogP contribution < -0.4 is 20.6 Å². The lowest BCUT2D eigenvalue weighted by Gasteiger charge is -2.44. The zero-order chi connectivity index (χ0) is 36.4. The summed E-state index contributed by atoms with van der Waals surface area (Å²) in [4.78, 5) is 5.97. The molecule has 0 spiro atoms. The molecule has 0 saturated heterocycles. The van der Waals surface area contributed by atoms with Crippen LogP contribution in [0.5, 0.6) is 0 Å². The van der Waals surface area contributed by atoms with E-state index < -0.39 is 0 Å². The Labute approximate surface area is 321 Å². The molecule has 0 atom stereocenters. The summed E-state index contributed by atoms with van der Waals surface area (Å²) < 4.78 is 8.26. The average Bonchev–Trinajstić information content (AvgIpc) is 3.92. The van der Waals surface area contributed by atoms with Gasteiger partial charge in [-0.3, -0.25) is 0 Å². The predicted octanol–water partition coefficient (Wildman–Crippen LogP) is 12.4. The molecule has 2 aliphatic heterocycles. The molecule has 11 rings (SSSR count). The van der Waals surface area contributed by atoms with E-state index in [0.29, 0.717) is 0 Å². The monoisotopic (exact) mass is 727 g/mol. The summed E-state index contributed by atoms with van der Waals surface area (Å²) in [6.45, 7) is 20.2. The smallest absolute Gasteiger partial charge is 0.260 e.